The van der Waals surface area contributed by atoms with Gasteiger partial charge in [-0.3, -0.25) is 4.79 Å². The molecule has 128 valence electrons. The molecule has 0 N–H and O–H groups in total. The first kappa shape index (κ1) is 18.0. The number of amides is 1. The van der Waals surface area contributed by atoms with E-state index in [1.807, 2.05) is 17.0 Å². The second kappa shape index (κ2) is 7.02. The lowest BCUT2D eigenvalue weighted by Gasteiger charge is -2.44. The van der Waals surface area contributed by atoms with Crippen LogP contribution in [0.3, 0.4) is 0 Å². The number of aryl methyl sites for hydroxylation is 3. The van der Waals surface area contributed by atoms with Crippen LogP contribution in [0.2, 0.25) is 0 Å². The zero-order valence-electron chi connectivity index (χ0n) is 15.4. The van der Waals surface area contributed by atoms with Crippen molar-refractivity contribution >= 4 is 5.91 Å². The molecule has 1 saturated heterocycles. The SMILES string of the molecule is CON1CCC(C)(N(C)C(=O)Cc2c(C)cc(C)cc2C)CC1. The van der Waals surface area contributed by atoms with Crippen molar-refractivity contribution in [1.29, 1.82) is 0 Å². The molecule has 2 rings (SSSR count). The molecule has 1 aromatic rings. The average Bonchev–Trinajstić information content (AvgIpc) is 2.50. The Kier molecular flexibility index (Phi) is 5.48. The monoisotopic (exact) mass is 318 g/mol. The molecule has 1 heterocycles. The van der Waals surface area contributed by atoms with E-state index in [4.69, 9.17) is 4.84 Å². The number of carbonyl (C=O) groups excluding carboxylic acids is 1. The summed E-state index contributed by atoms with van der Waals surface area (Å²) >= 11 is 0. The summed E-state index contributed by atoms with van der Waals surface area (Å²) in [5.41, 5.74) is 4.76. The lowest BCUT2D eigenvalue weighted by atomic mass is 9.88. The van der Waals surface area contributed by atoms with Gasteiger partial charge in [0, 0.05) is 25.7 Å². The van der Waals surface area contributed by atoms with E-state index in [1.165, 1.54) is 22.3 Å². The number of likely N-dealkylation sites (N-methyl/N-ethyl adjacent to an activating group) is 1. The first-order chi connectivity index (χ1) is 10.8. The molecule has 0 saturated carbocycles. The van der Waals surface area contributed by atoms with Crippen molar-refractivity contribution in [2.45, 2.75) is 52.5 Å². The molecule has 1 fully saturated rings. The molecule has 0 bridgehead atoms. The molecular weight excluding hydrogens is 288 g/mol. The maximum absolute atomic E-state index is 12.8. The number of hydrogen-bond donors (Lipinski definition) is 0. The highest BCUT2D eigenvalue weighted by molar-refractivity contribution is 5.80. The molecular formula is C19H30N2O2. The van der Waals surface area contributed by atoms with Gasteiger partial charge in [0.05, 0.1) is 13.5 Å². The molecule has 0 aliphatic carbocycles. The summed E-state index contributed by atoms with van der Waals surface area (Å²) in [4.78, 5) is 20.1. The third-order valence-electron chi connectivity index (χ3n) is 5.41. The van der Waals surface area contributed by atoms with E-state index in [-0.39, 0.29) is 11.4 Å². The molecule has 1 aromatic carbocycles. The van der Waals surface area contributed by atoms with Crippen LogP contribution in [0, 0.1) is 20.8 Å². The zero-order valence-corrected chi connectivity index (χ0v) is 15.4. The lowest BCUT2D eigenvalue weighted by molar-refractivity contribution is -0.165. The molecule has 1 amide bonds. The third-order valence-corrected chi connectivity index (χ3v) is 5.41. The molecule has 1 aliphatic rings. The highest BCUT2D eigenvalue weighted by atomic mass is 16.7. The molecule has 0 spiro atoms. The fourth-order valence-corrected chi connectivity index (χ4v) is 3.55. The fraction of sp³-hybridized carbons (Fsp3) is 0.632. The predicted molar refractivity (Wildman–Crippen MR) is 93.3 cm³/mol. The molecule has 4 nitrogen and oxygen atoms in total. The number of rotatable bonds is 4. The van der Waals surface area contributed by atoms with Gasteiger partial charge >= 0.3 is 0 Å². The van der Waals surface area contributed by atoms with Crippen LogP contribution in [0.1, 0.15) is 42.0 Å². The Morgan fingerprint density at radius 3 is 2.22 bits per heavy atom. The lowest BCUT2D eigenvalue weighted by Crippen LogP contribution is -2.54. The summed E-state index contributed by atoms with van der Waals surface area (Å²) in [6, 6.07) is 4.32. The summed E-state index contributed by atoms with van der Waals surface area (Å²) in [5, 5.41) is 1.97. The molecule has 4 heteroatoms. The summed E-state index contributed by atoms with van der Waals surface area (Å²) in [7, 11) is 3.66. The van der Waals surface area contributed by atoms with Crippen LogP contribution >= 0.6 is 0 Å². The molecule has 23 heavy (non-hydrogen) atoms. The number of piperidine rings is 1. The van der Waals surface area contributed by atoms with Gasteiger partial charge in [-0.25, -0.2) is 0 Å². The second-order valence-corrected chi connectivity index (χ2v) is 7.12. The Bertz CT molecular complexity index is 552. The standard InChI is InChI=1S/C19H30N2O2/c1-14-11-15(2)17(16(3)12-14)13-18(22)20(5)19(4)7-9-21(23-6)10-8-19/h11-12H,7-10,13H2,1-6H3. The van der Waals surface area contributed by atoms with Gasteiger partial charge in [0.2, 0.25) is 5.91 Å². The molecule has 0 aromatic heterocycles. The normalized spacial score (nSPS) is 18.0. The maximum atomic E-state index is 12.8. The van der Waals surface area contributed by atoms with E-state index >= 15 is 0 Å². The van der Waals surface area contributed by atoms with Gasteiger partial charge in [-0.15, -0.1) is 0 Å². The van der Waals surface area contributed by atoms with Gasteiger partial charge in [-0.1, -0.05) is 17.7 Å². The maximum Gasteiger partial charge on any atom is 0.227 e. The van der Waals surface area contributed by atoms with Gasteiger partial charge in [0.25, 0.3) is 0 Å². The number of hydrogen-bond acceptors (Lipinski definition) is 3. The Labute approximate surface area is 140 Å². The molecule has 0 unspecified atom stereocenters. The van der Waals surface area contributed by atoms with Gasteiger partial charge in [-0.2, -0.15) is 5.06 Å². The predicted octanol–water partition coefficient (Wildman–Crippen LogP) is 3.03. The third kappa shape index (κ3) is 3.93. The Morgan fingerprint density at radius 2 is 1.74 bits per heavy atom. The smallest absolute Gasteiger partial charge is 0.227 e. The Morgan fingerprint density at radius 1 is 1.22 bits per heavy atom. The van der Waals surface area contributed by atoms with Crippen LogP contribution in [0.5, 0.6) is 0 Å². The highest BCUT2D eigenvalue weighted by Crippen LogP contribution is 2.28. The van der Waals surface area contributed by atoms with Gasteiger partial charge in [0.1, 0.15) is 0 Å². The number of nitrogens with zero attached hydrogens (tertiary/aromatic N) is 2. The minimum atomic E-state index is -0.0847. The first-order valence-electron chi connectivity index (χ1n) is 8.39. The van der Waals surface area contributed by atoms with Crippen molar-refractivity contribution in [3.8, 4) is 0 Å². The van der Waals surface area contributed by atoms with E-state index in [9.17, 15) is 4.79 Å². The van der Waals surface area contributed by atoms with Crippen LogP contribution in [-0.2, 0) is 16.1 Å². The second-order valence-electron chi connectivity index (χ2n) is 7.12. The average molecular weight is 318 g/mol. The van der Waals surface area contributed by atoms with Crippen molar-refractivity contribution < 1.29 is 9.63 Å². The van der Waals surface area contributed by atoms with Gasteiger partial charge in [-0.05, 0) is 57.2 Å². The molecule has 1 aliphatic heterocycles. The minimum Gasteiger partial charge on any atom is -0.340 e. The van der Waals surface area contributed by atoms with Crippen molar-refractivity contribution in [3.05, 3.63) is 34.4 Å². The van der Waals surface area contributed by atoms with E-state index in [0.717, 1.165) is 25.9 Å². The minimum absolute atomic E-state index is 0.0847. The molecule has 0 atom stereocenters. The summed E-state index contributed by atoms with van der Waals surface area (Å²) in [6.07, 6.45) is 2.36. The van der Waals surface area contributed by atoms with Crippen LogP contribution < -0.4 is 0 Å². The Hall–Kier alpha value is -1.39. The van der Waals surface area contributed by atoms with Crippen LogP contribution in [0.25, 0.3) is 0 Å². The number of benzene rings is 1. The fourth-order valence-electron chi connectivity index (χ4n) is 3.55. The number of hydroxylamine groups is 2. The van der Waals surface area contributed by atoms with E-state index in [0.29, 0.717) is 6.42 Å². The number of carbonyl (C=O) groups is 1. The van der Waals surface area contributed by atoms with Crippen molar-refractivity contribution in [3.63, 3.8) is 0 Å². The van der Waals surface area contributed by atoms with E-state index in [1.54, 1.807) is 7.11 Å². The summed E-state index contributed by atoms with van der Waals surface area (Å²) < 4.78 is 0. The molecule has 0 radical (unpaired) electrons. The first-order valence-corrected chi connectivity index (χ1v) is 8.39. The van der Waals surface area contributed by atoms with Crippen molar-refractivity contribution in [2.24, 2.45) is 0 Å². The zero-order chi connectivity index (χ0) is 17.2. The van der Waals surface area contributed by atoms with Gasteiger partial charge < -0.3 is 9.74 Å². The quantitative estimate of drug-likeness (QED) is 0.855. The largest absolute Gasteiger partial charge is 0.340 e. The van der Waals surface area contributed by atoms with Crippen LogP contribution in [0.4, 0.5) is 0 Å². The van der Waals surface area contributed by atoms with Crippen LogP contribution in [0.15, 0.2) is 12.1 Å². The Balaban J connectivity index is 2.09. The van der Waals surface area contributed by atoms with Crippen molar-refractivity contribution in [1.82, 2.24) is 9.96 Å². The summed E-state index contributed by atoms with van der Waals surface area (Å²) in [5.74, 6) is 0.202. The summed E-state index contributed by atoms with van der Waals surface area (Å²) in [6.45, 7) is 10.2. The van der Waals surface area contributed by atoms with E-state index < -0.39 is 0 Å². The van der Waals surface area contributed by atoms with Gasteiger partial charge in [0.15, 0.2) is 0 Å². The van der Waals surface area contributed by atoms with Crippen molar-refractivity contribution in [2.75, 3.05) is 27.2 Å². The van der Waals surface area contributed by atoms with E-state index in [2.05, 4.69) is 39.8 Å². The topological polar surface area (TPSA) is 32.8 Å². The highest BCUT2D eigenvalue weighted by Gasteiger charge is 2.36. The van der Waals surface area contributed by atoms with Crippen LogP contribution in [-0.4, -0.2) is 48.7 Å².